The van der Waals surface area contributed by atoms with Crippen molar-refractivity contribution in [2.75, 3.05) is 6.61 Å². The average molecular weight is 124 g/mol. The zero-order valence-electron chi connectivity index (χ0n) is 5.09. The highest BCUT2D eigenvalue weighted by atomic mass is 16.5. The van der Waals surface area contributed by atoms with Crippen molar-refractivity contribution in [2.24, 2.45) is 0 Å². The van der Waals surface area contributed by atoms with E-state index in [9.17, 15) is 4.79 Å². The first kappa shape index (κ1) is 7.77. The van der Waals surface area contributed by atoms with E-state index in [1.54, 1.807) is 6.08 Å². The number of carbonyl (C=O) groups excluding carboxylic acids is 1. The van der Waals surface area contributed by atoms with E-state index < -0.39 is 5.97 Å². The Balaban J connectivity index is 3.19. The zero-order valence-corrected chi connectivity index (χ0v) is 5.09. The molecule has 0 aliphatic carbocycles. The molecule has 0 aromatic heterocycles. The van der Waals surface area contributed by atoms with Crippen molar-refractivity contribution in [1.29, 1.82) is 0 Å². The summed E-state index contributed by atoms with van der Waals surface area (Å²) in [5.74, 6) is 1.21. The molecule has 48 valence electrons. The first-order valence-electron chi connectivity index (χ1n) is 2.55. The highest BCUT2D eigenvalue weighted by Crippen LogP contribution is 1.82. The van der Waals surface area contributed by atoms with Gasteiger partial charge in [-0.25, -0.2) is 4.79 Å². The third-order valence-electron chi connectivity index (χ3n) is 0.673. The van der Waals surface area contributed by atoms with Gasteiger partial charge >= 0.3 is 5.97 Å². The molecule has 0 aliphatic heterocycles. The van der Waals surface area contributed by atoms with E-state index in [1.165, 1.54) is 0 Å². The van der Waals surface area contributed by atoms with Crippen LogP contribution < -0.4 is 0 Å². The van der Waals surface area contributed by atoms with Gasteiger partial charge in [0.1, 0.15) is 0 Å². The second-order valence-electron chi connectivity index (χ2n) is 1.36. The van der Waals surface area contributed by atoms with Crippen LogP contribution in [0.1, 0.15) is 6.42 Å². The maximum Gasteiger partial charge on any atom is 0.384 e. The molecule has 0 aliphatic rings. The topological polar surface area (TPSA) is 26.3 Å². The van der Waals surface area contributed by atoms with Gasteiger partial charge in [0.25, 0.3) is 0 Å². The fourth-order valence-electron chi connectivity index (χ4n) is 0.277. The molecule has 2 heteroatoms. The number of ether oxygens (including phenoxy) is 1. The van der Waals surface area contributed by atoms with Gasteiger partial charge in [0.05, 0.1) is 6.61 Å². The number of rotatable bonds is 3. The number of esters is 1. The number of terminal acetylenes is 1. The highest BCUT2D eigenvalue weighted by Gasteiger charge is 1.91. The van der Waals surface area contributed by atoms with Crippen molar-refractivity contribution in [3.05, 3.63) is 12.7 Å². The molecule has 0 N–H and O–H groups in total. The Morgan fingerprint density at radius 3 is 3.00 bits per heavy atom. The molecule has 2 nitrogen and oxygen atoms in total. The molecule has 0 saturated carbocycles. The molecule has 0 fully saturated rings. The van der Waals surface area contributed by atoms with E-state index in [2.05, 4.69) is 11.3 Å². The summed E-state index contributed by atoms with van der Waals surface area (Å²) in [5, 5.41) is 0. The minimum absolute atomic E-state index is 0.326. The molecule has 0 aromatic carbocycles. The minimum atomic E-state index is -0.614. The van der Waals surface area contributed by atoms with Gasteiger partial charge in [0.15, 0.2) is 0 Å². The van der Waals surface area contributed by atoms with Crippen molar-refractivity contribution < 1.29 is 9.53 Å². The van der Waals surface area contributed by atoms with Crippen molar-refractivity contribution in [3.63, 3.8) is 0 Å². The van der Waals surface area contributed by atoms with Crippen LogP contribution in [0.2, 0.25) is 0 Å². The van der Waals surface area contributed by atoms with Crippen molar-refractivity contribution in [1.82, 2.24) is 0 Å². The Bertz CT molecular complexity index is 141. The van der Waals surface area contributed by atoms with Crippen LogP contribution in [0.5, 0.6) is 0 Å². The number of carbonyl (C=O) groups is 1. The SMILES string of the molecule is C#CC(=O)OCCC=C. The van der Waals surface area contributed by atoms with Crippen molar-refractivity contribution >= 4 is 5.97 Å². The van der Waals surface area contributed by atoms with Gasteiger partial charge in [-0.15, -0.1) is 13.0 Å². The summed E-state index contributed by atoms with van der Waals surface area (Å²) in [6.45, 7) is 3.77. The van der Waals surface area contributed by atoms with Gasteiger partial charge in [-0.3, -0.25) is 0 Å². The molecular formula is C7H8O2. The molecule has 0 radical (unpaired) electrons. The first-order valence-corrected chi connectivity index (χ1v) is 2.55. The van der Waals surface area contributed by atoms with E-state index in [0.717, 1.165) is 0 Å². The molecule has 0 spiro atoms. The lowest BCUT2D eigenvalue weighted by Gasteiger charge is -1.93. The summed E-state index contributed by atoms with van der Waals surface area (Å²) in [6.07, 6.45) is 7.01. The van der Waals surface area contributed by atoms with Crippen LogP contribution in [0.3, 0.4) is 0 Å². The maximum atomic E-state index is 10.2. The van der Waals surface area contributed by atoms with Crippen LogP contribution in [0.15, 0.2) is 12.7 Å². The summed E-state index contributed by atoms with van der Waals surface area (Å²) in [4.78, 5) is 10.2. The van der Waals surface area contributed by atoms with E-state index in [4.69, 9.17) is 6.42 Å². The Morgan fingerprint density at radius 1 is 1.89 bits per heavy atom. The Hall–Kier alpha value is -1.23. The molecular weight excluding hydrogens is 116 g/mol. The molecule has 0 amide bonds. The van der Waals surface area contributed by atoms with Crippen LogP contribution in [0, 0.1) is 12.3 Å². The van der Waals surface area contributed by atoms with Crippen LogP contribution in [-0.4, -0.2) is 12.6 Å². The molecule has 0 bridgehead atoms. The first-order chi connectivity index (χ1) is 4.31. The second-order valence-corrected chi connectivity index (χ2v) is 1.36. The van der Waals surface area contributed by atoms with E-state index >= 15 is 0 Å². The second kappa shape index (κ2) is 4.92. The molecule has 0 saturated heterocycles. The van der Waals surface area contributed by atoms with E-state index in [0.29, 0.717) is 13.0 Å². The van der Waals surface area contributed by atoms with Gasteiger partial charge < -0.3 is 4.74 Å². The predicted octanol–water partition coefficient (Wildman–Crippen LogP) is 0.739. The maximum absolute atomic E-state index is 10.2. The summed E-state index contributed by atoms with van der Waals surface area (Å²) >= 11 is 0. The van der Waals surface area contributed by atoms with E-state index in [1.807, 2.05) is 5.92 Å². The van der Waals surface area contributed by atoms with Crippen LogP contribution in [-0.2, 0) is 9.53 Å². The lowest BCUT2D eigenvalue weighted by atomic mass is 10.5. The highest BCUT2D eigenvalue weighted by molar-refractivity contribution is 5.87. The molecule has 0 heterocycles. The number of hydrogen-bond acceptors (Lipinski definition) is 2. The van der Waals surface area contributed by atoms with Gasteiger partial charge in [0.2, 0.25) is 0 Å². The van der Waals surface area contributed by atoms with Crippen LogP contribution in [0.4, 0.5) is 0 Å². The van der Waals surface area contributed by atoms with Crippen molar-refractivity contribution in [3.8, 4) is 12.3 Å². The molecule has 9 heavy (non-hydrogen) atoms. The fourth-order valence-corrected chi connectivity index (χ4v) is 0.277. The lowest BCUT2D eigenvalue weighted by Crippen LogP contribution is -2.00. The fraction of sp³-hybridized carbons (Fsp3) is 0.286. The summed E-state index contributed by atoms with van der Waals surface area (Å²) in [7, 11) is 0. The average Bonchev–Trinajstić information content (AvgIpc) is 1.89. The standard InChI is InChI=1S/C7H8O2/c1-3-5-6-9-7(8)4-2/h2-3H,1,5-6H2. The third-order valence-corrected chi connectivity index (χ3v) is 0.673. The smallest absolute Gasteiger partial charge is 0.384 e. The summed E-state index contributed by atoms with van der Waals surface area (Å²) in [6, 6.07) is 0. The third kappa shape index (κ3) is 4.63. The molecule has 0 rings (SSSR count). The zero-order chi connectivity index (χ0) is 7.11. The van der Waals surface area contributed by atoms with Crippen LogP contribution in [0.25, 0.3) is 0 Å². The minimum Gasteiger partial charge on any atom is -0.456 e. The van der Waals surface area contributed by atoms with Crippen LogP contribution >= 0.6 is 0 Å². The molecule has 0 atom stereocenters. The Labute approximate surface area is 54.5 Å². The lowest BCUT2D eigenvalue weighted by molar-refractivity contribution is -0.136. The van der Waals surface area contributed by atoms with Crippen molar-refractivity contribution in [2.45, 2.75) is 6.42 Å². The van der Waals surface area contributed by atoms with Gasteiger partial charge in [-0.1, -0.05) is 6.08 Å². The molecule has 0 unspecified atom stereocenters. The largest absolute Gasteiger partial charge is 0.456 e. The van der Waals surface area contributed by atoms with Gasteiger partial charge in [-0.05, 0) is 6.42 Å². The normalized spacial score (nSPS) is 7.44. The Kier molecular flexibility index (Phi) is 4.25. The Morgan fingerprint density at radius 2 is 2.56 bits per heavy atom. The predicted molar refractivity (Wildman–Crippen MR) is 34.6 cm³/mol. The van der Waals surface area contributed by atoms with E-state index in [-0.39, 0.29) is 0 Å². The monoisotopic (exact) mass is 124 g/mol. The quantitative estimate of drug-likeness (QED) is 0.182. The summed E-state index contributed by atoms with van der Waals surface area (Å²) < 4.78 is 4.49. The van der Waals surface area contributed by atoms with Gasteiger partial charge in [-0.2, -0.15) is 0 Å². The number of hydrogen-bond donors (Lipinski definition) is 0. The summed E-state index contributed by atoms with van der Waals surface area (Å²) in [5.41, 5.74) is 0. The van der Waals surface area contributed by atoms with Gasteiger partial charge in [0, 0.05) is 5.92 Å². The molecule has 0 aromatic rings.